The number of rotatable bonds is 7. The van der Waals surface area contributed by atoms with Crippen molar-refractivity contribution in [2.75, 3.05) is 52.4 Å². The van der Waals surface area contributed by atoms with Gasteiger partial charge in [0.2, 0.25) is 0 Å². The van der Waals surface area contributed by atoms with E-state index in [9.17, 15) is 0 Å². The fourth-order valence-corrected chi connectivity index (χ4v) is 3.53. The van der Waals surface area contributed by atoms with Gasteiger partial charge in [0.05, 0.1) is 17.6 Å². The maximum absolute atomic E-state index is 4.81. The fraction of sp³-hybridized carbons (Fsp3) is 0.632. The van der Waals surface area contributed by atoms with Crippen molar-refractivity contribution < 1.29 is 0 Å². The van der Waals surface area contributed by atoms with Crippen molar-refractivity contribution in [2.24, 2.45) is 7.05 Å². The predicted molar refractivity (Wildman–Crippen MR) is 100 cm³/mol. The van der Waals surface area contributed by atoms with Crippen LogP contribution in [0.15, 0.2) is 24.3 Å². The second-order valence-electron chi connectivity index (χ2n) is 6.72. The molecule has 132 valence electrons. The molecule has 2 heterocycles. The summed E-state index contributed by atoms with van der Waals surface area (Å²) in [6.45, 7) is 14.8. The van der Waals surface area contributed by atoms with Gasteiger partial charge in [0.15, 0.2) is 0 Å². The lowest BCUT2D eigenvalue weighted by molar-refractivity contribution is 0.113. The molecule has 0 bridgehead atoms. The molecule has 0 radical (unpaired) electrons. The van der Waals surface area contributed by atoms with Gasteiger partial charge in [-0.15, -0.1) is 0 Å². The van der Waals surface area contributed by atoms with E-state index in [1.165, 1.54) is 37.5 Å². The average molecular weight is 329 g/mol. The van der Waals surface area contributed by atoms with E-state index < -0.39 is 0 Å². The van der Waals surface area contributed by atoms with Crippen LogP contribution in [0.5, 0.6) is 0 Å². The van der Waals surface area contributed by atoms with Crippen LogP contribution in [0, 0.1) is 0 Å². The second kappa shape index (κ2) is 8.10. The Morgan fingerprint density at radius 2 is 1.67 bits per heavy atom. The Kier molecular flexibility index (Phi) is 5.87. The quantitative estimate of drug-likeness (QED) is 0.777. The summed E-state index contributed by atoms with van der Waals surface area (Å²) in [5.41, 5.74) is 2.33. The third-order valence-electron chi connectivity index (χ3n) is 5.34. The first kappa shape index (κ1) is 17.4. The summed E-state index contributed by atoms with van der Waals surface area (Å²) in [6.07, 6.45) is 0. The first-order valence-corrected chi connectivity index (χ1v) is 9.28. The molecule has 1 saturated heterocycles. The van der Waals surface area contributed by atoms with E-state index in [1.807, 2.05) is 0 Å². The molecule has 3 rings (SSSR count). The van der Waals surface area contributed by atoms with Gasteiger partial charge in [0.25, 0.3) is 0 Å². The van der Waals surface area contributed by atoms with E-state index in [-0.39, 0.29) is 0 Å². The average Bonchev–Trinajstić information content (AvgIpc) is 2.93. The van der Waals surface area contributed by atoms with Crippen molar-refractivity contribution in [1.82, 2.24) is 24.3 Å². The predicted octanol–water partition coefficient (Wildman–Crippen LogP) is 2.03. The third kappa shape index (κ3) is 3.97. The zero-order valence-electron chi connectivity index (χ0n) is 15.4. The van der Waals surface area contributed by atoms with Gasteiger partial charge in [0, 0.05) is 46.3 Å². The molecule has 0 unspecified atom stereocenters. The van der Waals surface area contributed by atoms with Crippen molar-refractivity contribution in [3.8, 4) is 0 Å². The van der Waals surface area contributed by atoms with Crippen LogP contribution in [0.3, 0.4) is 0 Å². The van der Waals surface area contributed by atoms with Gasteiger partial charge in [0.1, 0.15) is 5.82 Å². The van der Waals surface area contributed by atoms with Crippen LogP contribution < -0.4 is 0 Å². The monoisotopic (exact) mass is 329 g/mol. The SMILES string of the molecule is CCN(CC)CCN1CCN(Cc2nc3ccccc3n2C)CC1. The van der Waals surface area contributed by atoms with Gasteiger partial charge in [-0.25, -0.2) is 4.98 Å². The lowest BCUT2D eigenvalue weighted by Crippen LogP contribution is -2.48. The number of imidazole rings is 1. The normalized spacial score (nSPS) is 17.2. The molecule has 0 spiro atoms. The first-order valence-electron chi connectivity index (χ1n) is 9.28. The Hall–Kier alpha value is -1.43. The summed E-state index contributed by atoms with van der Waals surface area (Å²) in [5, 5.41) is 0. The standard InChI is InChI=1S/C19H31N5/c1-4-22(5-2)10-11-23-12-14-24(15-13-23)16-19-20-17-8-6-7-9-18(17)21(19)3/h6-9H,4-5,10-16H2,1-3H3. The van der Waals surface area contributed by atoms with Crippen molar-refractivity contribution in [2.45, 2.75) is 20.4 Å². The molecule has 1 aliphatic heterocycles. The Morgan fingerprint density at radius 1 is 1.00 bits per heavy atom. The number of fused-ring (bicyclic) bond motifs is 1. The summed E-state index contributed by atoms with van der Waals surface area (Å²) in [6, 6.07) is 8.40. The number of piperazine rings is 1. The van der Waals surface area contributed by atoms with E-state index in [2.05, 4.69) is 64.4 Å². The highest BCUT2D eigenvalue weighted by Gasteiger charge is 2.19. The topological polar surface area (TPSA) is 27.5 Å². The Labute approximate surface area is 145 Å². The number of hydrogen-bond donors (Lipinski definition) is 0. The molecule has 5 nitrogen and oxygen atoms in total. The number of nitrogens with zero attached hydrogens (tertiary/aromatic N) is 5. The molecular formula is C19H31N5. The van der Waals surface area contributed by atoms with Crippen LogP contribution in [0.4, 0.5) is 0 Å². The molecule has 0 N–H and O–H groups in total. The minimum absolute atomic E-state index is 0.953. The molecule has 0 amide bonds. The number of para-hydroxylation sites is 2. The number of benzene rings is 1. The summed E-state index contributed by atoms with van der Waals surface area (Å²) in [4.78, 5) is 12.5. The van der Waals surface area contributed by atoms with Crippen LogP contribution in [-0.2, 0) is 13.6 Å². The van der Waals surface area contributed by atoms with Gasteiger partial charge in [-0.1, -0.05) is 26.0 Å². The van der Waals surface area contributed by atoms with E-state index in [0.717, 1.165) is 38.2 Å². The van der Waals surface area contributed by atoms with Crippen molar-refractivity contribution >= 4 is 11.0 Å². The smallest absolute Gasteiger partial charge is 0.123 e. The van der Waals surface area contributed by atoms with E-state index in [0.29, 0.717) is 0 Å². The number of aryl methyl sites for hydroxylation is 1. The molecule has 1 fully saturated rings. The minimum Gasteiger partial charge on any atom is -0.330 e. The van der Waals surface area contributed by atoms with Crippen LogP contribution in [-0.4, -0.2) is 76.6 Å². The van der Waals surface area contributed by atoms with Crippen LogP contribution >= 0.6 is 0 Å². The number of likely N-dealkylation sites (N-methyl/N-ethyl adjacent to an activating group) is 1. The summed E-state index contributed by atoms with van der Waals surface area (Å²) in [5.74, 6) is 1.17. The molecule has 0 aliphatic carbocycles. The highest BCUT2D eigenvalue weighted by molar-refractivity contribution is 5.75. The Bertz CT molecular complexity index is 638. The number of hydrogen-bond acceptors (Lipinski definition) is 4. The molecule has 1 aliphatic rings. The van der Waals surface area contributed by atoms with E-state index in [1.54, 1.807) is 0 Å². The largest absolute Gasteiger partial charge is 0.330 e. The van der Waals surface area contributed by atoms with Gasteiger partial charge in [-0.3, -0.25) is 9.80 Å². The zero-order chi connectivity index (χ0) is 16.9. The van der Waals surface area contributed by atoms with Gasteiger partial charge < -0.3 is 9.47 Å². The molecule has 5 heteroatoms. The third-order valence-corrected chi connectivity index (χ3v) is 5.34. The van der Waals surface area contributed by atoms with Gasteiger partial charge in [-0.2, -0.15) is 0 Å². The highest BCUT2D eigenvalue weighted by atomic mass is 15.3. The summed E-state index contributed by atoms with van der Waals surface area (Å²) in [7, 11) is 2.13. The molecule has 1 aromatic carbocycles. The molecule has 0 atom stereocenters. The molecular weight excluding hydrogens is 298 g/mol. The van der Waals surface area contributed by atoms with Crippen molar-refractivity contribution in [3.63, 3.8) is 0 Å². The van der Waals surface area contributed by atoms with Crippen LogP contribution in [0.25, 0.3) is 11.0 Å². The molecule has 2 aromatic rings. The zero-order valence-corrected chi connectivity index (χ0v) is 15.4. The van der Waals surface area contributed by atoms with Crippen LogP contribution in [0.2, 0.25) is 0 Å². The lowest BCUT2D eigenvalue weighted by Gasteiger charge is -2.35. The van der Waals surface area contributed by atoms with Gasteiger partial charge in [-0.05, 0) is 25.2 Å². The van der Waals surface area contributed by atoms with E-state index in [4.69, 9.17) is 4.98 Å². The van der Waals surface area contributed by atoms with Crippen molar-refractivity contribution in [1.29, 1.82) is 0 Å². The summed E-state index contributed by atoms with van der Waals surface area (Å²) < 4.78 is 2.24. The van der Waals surface area contributed by atoms with Crippen molar-refractivity contribution in [3.05, 3.63) is 30.1 Å². The maximum Gasteiger partial charge on any atom is 0.123 e. The summed E-state index contributed by atoms with van der Waals surface area (Å²) >= 11 is 0. The maximum atomic E-state index is 4.81. The Morgan fingerprint density at radius 3 is 2.33 bits per heavy atom. The fourth-order valence-electron chi connectivity index (χ4n) is 3.53. The number of aromatic nitrogens is 2. The minimum atomic E-state index is 0.953. The highest BCUT2D eigenvalue weighted by Crippen LogP contribution is 2.16. The molecule has 1 aromatic heterocycles. The lowest BCUT2D eigenvalue weighted by atomic mass is 10.3. The molecule has 0 saturated carbocycles. The van der Waals surface area contributed by atoms with E-state index >= 15 is 0 Å². The molecule has 24 heavy (non-hydrogen) atoms. The van der Waals surface area contributed by atoms with Gasteiger partial charge >= 0.3 is 0 Å². The van der Waals surface area contributed by atoms with Crippen LogP contribution in [0.1, 0.15) is 19.7 Å². The first-order chi connectivity index (χ1) is 11.7. The second-order valence-corrected chi connectivity index (χ2v) is 6.72. The Balaban J connectivity index is 1.51.